The Bertz CT molecular complexity index is 697. The summed E-state index contributed by atoms with van der Waals surface area (Å²) < 4.78 is 13.1. The van der Waals surface area contributed by atoms with E-state index in [0.29, 0.717) is 5.56 Å². The minimum absolute atomic E-state index is 0.150. The lowest BCUT2D eigenvalue weighted by molar-refractivity contribution is 0.102. The van der Waals surface area contributed by atoms with Gasteiger partial charge in [-0.25, -0.2) is 4.39 Å². The number of aryl methyl sites for hydroxylation is 1. The molecule has 0 spiro atoms. The van der Waals surface area contributed by atoms with Gasteiger partial charge in [0.05, 0.1) is 5.56 Å². The molecule has 0 aliphatic heterocycles. The summed E-state index contributed by atoms with van der Waals surface area (Å²) in [4.78, 5) is 12.3. The summed E-state index contributed by atoms with van der Waals surface area (Å²) in [5.41, 5.74) is 9.50. The maximum atomic E-state index is 13.1. The monoisotopic (exact) mass is 284 g/mol. The number of nitrogens with two attached hydrogens (primary N) is 1. The van der Waals surface area contributed by atoms with Gasteiger partial charge in [-0.05, 0) is 61.1 Å². The standard InChI is InChI=1S/C17H17FN2O/c18-12-8-9-14(15(19)10-12)17(21)20-16-7-3-5-11-4-1-2-6-13(11)16/h3,5,7-10H,1-2,4,6,19H2,(H,20,21). The third kappa shape index (κ3) is 2.75. The molecule has 0 fully saturated rings. The summed E-state index contributed by atoms with van der Waals surface area (Å²) >= 11 is 0. The fourth-order valence-electron chi connectivity index (χ4n) is 2.83. The maximum absolute atomic E-state index is 13.1. The number of amides is 1. The molecule has 2 aromatic rings. The van der Waals surface area contributed by atoms with Gasteiger partial charge in [-0.2, -0.15) is 0 Å². The number of halogens is 1. The molecule has 0 aromatic heterocycles. The summed E-state index contributed by atoms with van der Waals surface area (Å²) in [5, 5.41) is 2.91. The van der Waals surface area contributed by atoms with Crippen LogP contribution in [0.15, 0.2) is 36.4 Å². The molecule has 1 aliphatic rings. The molecule has 0 saturated heterocycles. The van der Waals surface area contributed by atoms with Gasteiger partial charge >= 0.3 is 0 Å². The topological polar surface area (TPSA) is 55.1 Å². The second kappa shape index (κ2) is 5.56. The lowest BCUT2D eigenvalue weighted by Gasteiger charge is -2.19. The number of nitrogens with one attached hydrogen (secondary N) is 1. The van der Waals surface area contributed by atoms with Gasteiger partial charge in [-0.1, -0.05) is 12.1 Å². The number of nitrogen functional groups attached to an aromatic ring is 1. The van der Waals surface area contributed by atoms with E-state index >= 15 is 0 Å². The van der Waals surface area contributed by atoms with Crippen LogP contribution < -0.4 is 11.1 Å². The van der Waals surface area contributed by atoms with Gasteiger partial charge in [0.25, 0.3) is 5.91 Å². The van der Waals surface area contributed by atoms with Crippen LogP contribution in [0.4, 0.5) is 15.8 Å². The first kappa shape index (κ1) is 13.6. The van der Waals surface area contributed by atoms with E-state index in [1.54, 1.807) is 0 Å². The molecule has 3 N–H and O–H groups in total. The summed E-state index contributed by atoms with van der Waals surface area (Å²) in [5.74, 6) is -0.743. The molecule has 108 valence electrons. The van der Waals surface area contributed by atoms with Crippen molar-refractivity contribution in [3.8, 4) is 0 Å². The molecule has 3 rings (SSSR count). The average molecular weight is 284 g/mol. The number of carbonyl (C=O) groups is 1. The Morgan fingerprint density at radius 3 is 2.76 bits per heavy atom. The lowest BCUT2D eigenvalue weighted by Crippen LogP contribution is -2.17. The number of anilines is 2. The molecule has 0 bridgehead atoms. The van der Waals surface area contributed by atoms with Crippen LogP contribution in [-0.4, -0.2) is 5.91 Å². The Labute approximate surface area is 123 Å². The Kier molecular flexibility index (Phi) is 3.60. The molecule has 2 aromatic carbocycles. The van der Waals surface area contributed by atoms with Gasteiger partial charge in [0, 0.05) is 11.4 Å². The Balaban J connectivity index is 1.88. The van der Waals surface area contributed by atoms with Crippen molar-refractivity contribution in [1.82, 2.24) is 0 Å². The van der Waals surface area contributed by atoms with E-state index in [1.165, 1.54) is 29.7 Å². The fourth-order valence-corrected chi connectivity index (χ4v) is 2.83. The largest absolute Gasteiger partial charge is 0.398 e. The fraction of sp³-hybridized carbons (Fsp3) is 0.235. The van der Waals surface area contributed by atoms with Crippen molar-refractivity contribution in [3.05, 3.63) is 58.9 Å². The molecule has 0 saturated carbocycles. The molecular weight excluding hydrogens is 267 g/mol. The van der Waals surface area contributed by atoms with Crippen molar-refractivity contribution in [1.29, 1.82) is 0 Å². The van der Waals surface area contributed by atoms with E-state index in [9.17, 15) is 9.18 Å². The molecule has 1 aliphatic carbocycles. The maximum Gasteiger partial charge on any atom is 0.257 e. The number of hydrogen-bond acceptors (Lipinski definition) is 2. The predicted molar refractivity (Wildman–Crippen MR) is 81.8 cm³/mol. The summed E-state index contributed by atoms with van der Waals surface area (Å²) in [6.07, 6.45) is 4.36. The first-order valence-corrected chi connectivity index (χ1v) is 7.12. The predicted octanol–water partition coefficient (Wildman–Crippen LogP) is 3.54. The second-order valence-corrected chi connectivity index (χ2v) is 5.34. The van der Waals surface area contributed by atoms with Gasteiger partial charge in [0.15, 0.2) is 0 Å². The van der Waals surface area contributed by atoms with Crippen molar-refractivity contribution in [2.45, 2.75) is 25.7 Å². The van der Waals surface area contributed by atoms with Crippen molar-refractivity contribution < 1.29 is 9.18 Å². The average Bonchev–Trinajstić information content (AvgIpc) is 2.47. The van der Waals surface area contributed by atoms with E-state index in [4.69, 9.17) is 5.73 Å². The van der Waals surface area contributed by atoms with Crippen LogP contribution >= 0.6 is 0 Å². The lowest BCUT2D eigenvalue weighted by atomic mass is 9.90. The van der Waals surface area contributed by atoms with E-state index in [1.807, 2.05) is 12.1 Å². The van der Waals surface area contributed by atoms with Crippen LogP contribution in [0.3, 0.4) is 0 Å². The number of carbonyl (C=O) groups excluding carboxylic acids is 1. The van der Waals surface area contributed by atoms with Crippen LogP contribution in [0.1, 0.15) is 34.3 Å². The normalized spacial score (nSPS) is 13.6. The van der Waals surface area contributed by atoms with Gasteiger partial charge in [0.2, 0.25) is 0 Å². The molecule has 0 atom stereocenters. The SMILES string of the molecule is Nc1cc(F)ccc1C(=O)Nc1cccc2c1CCCC2. The molecule has 0 radical (unpaired) electrons. The van der Waals surface area contributed by atoms with Crippen molar-refractivity contribution >= 4 is 17.3 Å². The summed E-state index contributed by atoms with van der Waals surface area (Å²) in [6, 6.07) is 9.78. The minimum atomic E-state index is -0.443. The highest BCUT2D eigenvalue weighted by atomic mass is 19.1. The van der Waals surface area contributed by atoms with Crippen LogP contribution in [0.5, 0.6) is 0 Å². The van der Waals surface area contributed by atoms with E-state index < -0.39 is 5.82 Å². The molecule has 21 heavy (non-hydrogen) atoms. The zero-order valence-corrected chi connectivity index (χ0v) is 11.7. The molecular formula is C17H17FN2O. The summed E-state index contributed by atoms with van der Waals surface area (Å²) in [6.45, 7) is 0. The number of hydrogen-bond donors (Lipinski definition) is 2. The smallest absolute Gasteiger partial charge is 0.257 e. The van der Waals surface area contributed by atoms with Gasteiger partial charge in [-0.15, -0.1) is 0 Å². The molecule has 1 amide bonds. The highest BCUT2D eigenvalue weighted by Gasteiger charge is 2.16. The summed E-state index contributed by atoms with van der Waals surface area (Å²) in [7, 11) is 0. The van der Waals surface area contributed by atoms with Gasteiger partial charge in [0.1, 0.15) is 5.82 Å². The highest BCUT2D eigenvalue weighted by Crippen LogP contribution is 2.28. The van der Waals surface area contributed by atoms with Crippen molar-refractivity contribution in [2.75, 3.05) is 11.1 Å². The molecule has 4 heteroatoms. The number of benzene rings is 2. The third-order valence-electron chi connectivity index (χ3n) is 3.90. The quantitative estimate of drug-likeness (QED) is 0.829. The van der Waals surface area contributed by atoms with Crippen LogP contribution in [0.2, 0.25) is 0 Å². The minimum Gasteiger partial charge on any atom is -0.398 e. The third-order valence-corrected chi connectivity index (χ3v) is 3.90. The van der Waals surface area contributed by atoms with Crippen molar-refractivity contribution in [2.24, 2.45) is 0 Å². The van der Waals surface area contributed by atoms with Crippen LogP contribution in [0.25, 0.3) is 0 Å². The first-order chi connectivity index (χ1) is 10.1. The first-order valence-electron chi connectivity index (χ1n) is 7.12. The number of rotatable bonds is 2. The Hall–Kier alpha value is -2.36. The molecule has 3 nitrogen and oxygen atoms in total. The Morgan fingerprint density at radius 1 is 1.14 bits per heavy atom. The van der Waals surface area contributed by atoms with Gasteiger partial charge < -0.3 is 11.1 Å². The zero-order valence-electron chi connectivity index (χ0n) is 11.7. The van der Waals surface area contributed by atoms with Crippen LogP contribution in [-0.2, 0) is 12.8 Å². The van der Waals surface area contributed by atoms with Crippen molar-refractivity contribution in [3.63, 3.8) is 0 Å². The highest BCUT2D eigenvalue weighted by molar-refractivity contribution is 6.08. The van der Waals surface area contributed by atoms with Crippen LogP contribution in [0, 0.1) is 5.82 Å². The van der Waals surface area contributed by atoms with Gasteiger partial charge in [-0.3, -0.25) is 4.79 Å². The molecule has 0 heterocycles. The zero-order chi connectivity index (χ0) is 14.8. The van der Waals surface area contributed by atoms with E-state index in [-0.39, 0.29) is 11.6 Å². The second-order valence-electron chi connectivity index (χ2n) is 5.34. The molecule has 0 unspecified atom stereocenters. The van der Waals surface area contributed by atoms with E-state index in [0.717, 1.165) is 31.0 Å². The van der Waals surface area contributed by atoms with E-state index in [2.05, 4.69) is 11.4 Å². The number of fused-ring (bicyclic) bond motifs is 1. The Morgan fingerprint density at radius 2 is 1.95 bits per heavy atom.